The first-order chi connectivity index (χ1) is 8.84. The standard InChI is InChI=1S/C12H14FNO4S/c1-8-4-5-9(7-10(8)13)19(17,18)14-6-2-3-11(14)12(15)16/h4-5,7,11H,2-3,6H2,1H3,(H,15,16)/t11-/m0/s1. The zero-order valence-corrected chi connectivity index (χ0v) is 11.2. The highest BCUT2D eigenvalue weighted by Gasteiger charge is 2.39. The number of aryl methyl sites for hydroxylation is 1. The van der Waals surface area contributed by atoms with E-state index < -0.39 is 27.9 Å². The number of carboxylic acid groups (broad SMARTS) is 1. The molecule has 0 radical (unpaired) electrons. The van der Waals surface area contributed by atoms with E-state index in [1.54, 1.807) is 0 Å². The van der Waals surface area contributed by atoms with Crippen LogP contribution in [0.3, 0.4) is 0 Å². The van der Waals surface area contributed by atoms with E-state index >= 15 is 0 Å². The van der Waals surface area contributed by atoms with Crippen LogP contribution in [-0.4, -0.2) is 36.4 Å². The van der Waals surface area contributed by atoms with Crippen molar-refractivity contribution in [2.45, 2.75) is 30.7 Å². The second-order valence-corrected chi connectivity index (χ2v) is 6.41. The first-order valence-corrected chi connectivity index (χ1v) is 7.29. The molecule has 1 saturated heterocycles. The van der Waals surface area contributed by atoms with E-state index in [0.29, 0.717) is 12.0 Å². The first-order valence-electron chi connectivity index (χ1n) is 5.85. The molecule has 1 aliphatic rings. The highest BCUT2D eigenvalue weighted by Crippen LogP contribution is 2.27. The molecule has 1 heterocycles. The van der Waals surface area contributed by atoms with Crippen LogP contribution in [0.2, 0.25) is 0 Å². The van der Waals surface area contributed by atoms with Crippen LogP contribution in [0, 0.1) is 12.7 Å². The molecule has 0 saturated carbocycles. The van der Waals surface area contributed by atoms with Gasteiger partial charge in [-0.3, -0.25) is 4.79 Å². The summed E-state index contributed by atoms with van der Waals surface area (Å²) in [7, 11) is -3.96. The third-order valence-corrected chi connectivity index (χ3v) is 5.14. The minimum Gasteiger partial charge on any atom is -0.480 e. The van der Waals surface area contributed by atoms with Gasteiger partial charge >= 0.3 is 5.97 Å². The van der Waals surface area contributed by atoms with Crippen LogP contribution in [0.4, 0.5) is 4.39 Å². The van der Waals surface area contributed by atoms with Gasteiger partial charge in [-0.15, -0.1) is 0 Å². The highest BCUT2D eigenvalue weighted by molar-refractivity contribution is 7.89. The van der Waals surface area contributed by atoms with Crippen molar-refractivity contribution in [3.8, 4) is 0 Å². The maximum absolute atomic E-state index is 13.5. The third kappa shape index (κ3) is 2.48. The van der Waals surface area contributed by atoms with Gasteiger partial charge in [-0.05, 0) is 37.5 Å². The summed E-state index contributed by atoms with van der Waals surface area (Å²) in [5.74, 6) is -1.79. The Morgan fingerprint density at radius 3 is 2.74 bits per heavy atom. The molecule has 19 heavy (non-hydrogen) atoms. The van der Waals surface area contributed by atoms with Crippen LogP contribution >= 0.6 is 0 Å². The summed E-state index contributed by atoms with van der Waals surface area (Å²) in [5, 5.41) is 9.01. The van der Waals surface area contributed by atoms with Crippen LogP contribution in [0.5, 0.6) is 0 Å². The van der Waals surface area contributed by atoms with Crippen LogP contribution in [0.1, 0.15) is 18.4 Å². The maximum Gasteiger partial charge on any atom is 0.322 e. The van der Waals surface area contributed by atoms with Crippen molar-refractivity contribution in [1.29, 1.82) is 0 Å². The van der Waals surface area contributed by atoms with E-state index in [9.17, 15) is 17.6 Å². The number of benzene rings is 1. The fourth-order valence-corrected chi connectivity index (χ4v) is 3.81. The average Bonchev–Trinajstić information content (AvgIpc) is 2.82. The van der Waals surface area contributed by atoms with Gasteiger partial charge in [-0.2, -0.15) is 4.31 Å². The summed E-state index contributed by atoms with van der Waals surface area (Å²) in [6.07, 6.45) is 0.771. The number of carboxylic acids is 1. The molecule has 0 amide bonds. The molecule has 0 bridgehead atoms. The topological polar surface area (TPSA) is 74.7 Å². The van der Waals surface area contributed by atoms with Crippen molar-refractivity contribution in [2.75, 3.05) is 6.54 Å². The van der Waals surface area contributed by atoms with E-state index in [-0.39, 0.29) is 17.9 Å². The lowest BCUT2D eigenvalue weighted by atomic mass is 10.2. The number of hydrogen-bond donors (Lipinski definition) is 1. The second kappa shape index (κ2) is 4.90. The molecular weight excluding hydrogens is 273 g/mol. The van der Waals surface area contributed by atoms with Gasteiger partial charge in [0.1, 0.15) is 11.9 Å². The predicted molar refractivity (Wildman–Crippen MR) is 65.7 cm³/mol. The molecule has 1 aromatic rings. The number of hydrogen-bond acceptors (Lipinski definition) is 3. The fraction of sp³-hybridized carbons (Fsp3) is 0.417. The quantitative estimate of drug-likeness (QED) is 0.911. The SMILES string of the molecule is Cc1ccc(S(=O)(=O)N2CCC[C@H]2C(=O)O)cc1F. The van der Waals surface area contributed by atoms with Crippen LogP contribution < -0.4 is 0 Å². The summed E-state index contributed by atoms with van der Waals surface area (Å²) < 4.78 is 39.0. The minimum absolute atomic E-state index is 0.148. The first kappa shape index (κ1) is 14.0. The van der Waals surface area contributed by atoms with Crippen LogP contribution in [0.15, 0.2) is 23.1 Å². The lowest BCUT2D eigenvalue weighted by molar-refractivity contribution is -0.140. The molecule has 5 nitrogen and oxygen atoms in total. The molecule has 1 N–H and O–H groups in total. The summed E-state index contributed by atoms with van der Waals surface area (Å²) in [4.78, 5) is 10.8. The van der Waals surface area contributed by atoms with Gasteiger partial charge in [-0.25, -0.2) is 12.8 Å². The molecule has 7 heteroatoms. The lowest BCUT2D eigenvalue weighted by Gasteiger charge is -2.21. The van der Waals surface area contributed by atoms with Crippen LogP contribution in [-0.2, 0) is 14.8 Å². The number of rotatable bonds is 3. The molecule has 0 aromatic heterocycles. The predicted octanol–water partition coefficient (Wildman–Crippen LogP) is 1.37. The Kier molecular flexibility index (Phi) is 3.60. The molecule has 104 valence electrons. The number of halogens is 1. The van der Waals surface area contributed by atoms with E-state index in [0.717, 1.165) is 10.4 Å². The maximum atomic E-state index is 13.5. The van der Waals surface area contributed by atoms with Crippen molar-refractivity contribution >= 4 is 16.0 Å². The van der Waals surface area contributed by atoms with Gasteiger partial charge < -0.3 is 5.11 Å². The Balaban J connectivity index is 2.42. The normalized spacial score (nSPS) is 20.6. The Hall–Kier alpha value is -1.47. The number of carbonyl (C=O) groups is 1. The molecule has 1 fully saturated rings. The second-order valence-electron chi connectivity index (χ2n) is 4.52. The van der Waals surface area contributed by atoms with Gasteiger partial charge in [-0.1, -0.05) is 6.07 Å². The zero-order valence-electron chi connectivity index (χ0n) is 10.3. The van der Waals surface area contributed by atoms with Gasteiger partial charge in [0, 0.05) is 6.54 Å². The highest BCUT2D eigenvalue weighted by atomic mass is 32.2. The van der Waals surface area contributed by atoms with Gasteiger partial charge in [0.05, 0.1) is 4.90 Å². The van der Waals surface area contributed by atoms with E-state index in [2.05, 4.69) is 0 Å². The van der Waals surface area contributed by atoms with Crippen molar-refractivity contribution in [3.05, 3.63) is 29.6 Å². The molecular formula is C12H14FNO4S. The van der Waals surface area contributed by atoms with Crippen molar-refractivity contribution in [2.24, 2.45) is 0 Å². The molecule has 0 aliphatic carbocycles. The van der Waals surface area contributed by atoms with E-state index in [4.69, 9.17) is 5.11 Å². The van der Waals surface area contributed by atoms with Gasteiger partial charge in [0.15, 0.2) is 0 Å². The summed E-state index contributed by atoms with van der Waals surface area (Å²) in [6.45, 7) is 1.68. The number of sulfonamides is 1. The number of aliphatic carboxylic acids is 1. The molecule has 1 aromatic carbocycles. The Morgan fingerprint density at radius 1 is 1.47 bits per heavy atom. The molecule has 1 aliphatic heterocycles. The Morgan fingerprint density at radius 2 is 2.16 bits per heavy atom. The lowest BCUT2D eigenvalue weighted by Crippen LogP contribution is -2.40. The van der Waals surface area contributed by atoms with Crippen molar-refractivity contribution < 1.29 is 22.7 Å². The van der Waals surface area contributed by atoms with E-state index in [1.165, 1.54) is 19.1 Å². The van der Waals surface area contributed by atoms with Crippen molar-refractivity contribution in [1.82, 2.24) is 4.31 Å². The largest absolute Gasteiger partial charge is 0.480 e. The van der Waals surface area contributed by atoms with E-state index in [1.807, 2.05) is 0 Å². The average molecular weight is 287 g/mol. The van der Waals surface area contributed by atoms with Gasteiger partial charge in [0.2, 0.25) is 10.0 Å². The Labute approximate surface area is 110 Å². The molecule has 2 rings (SSSR count). The van der Waals surface area contributed by atoms with Crippen LogP contribution in [0.25, 0.3) is 0 Å². The molecule has 0 spiro atoms. The Bertz CT molecular complexity index is 614. The third-order valence-electron chi connectivity index (χ3n) is 3.24. The summed E-state index contributed by atoms with van der Waals surface area (Å²) in [5.41, 5.74) is 0.343. The summed E-state index contributed by atoms with van der Waals surface area (Å²) in [6, 6.07) is 2.54. The minimum atomic E-state index is -3.96. The molecule has 1 atom stereocenters. The summed E-state index contributed by atoms with van der Waals surface area (Å²) >= 11 is 0. The van der Waals surface area contributed by atoms with Gasteiger partial charge in [0.25, 0.3) is 0 Å². The molecule has 0 unspecified atom stereocenters. The fourth-order valence-electron chi connectivity index (χ4n) is 2.14. The monoisotopic (exact) mass is 287 g/mol. The van der Waals surface area contributed by atoms with Crippen molar-refractivity contribution in [3.63, 3.8) is 0 Å². The zero-order chi connectivity index (χ0) is 14.2. The smallest absolute Gasteiger partial charge is 0.322 e. The number of nitrogens with zero attached hydrogens (tertiary/aromatic N) is 1.